The minimum absolute atomic E-state index is 0.0952. The molecule has 0 aliphatic carbocycles. The van der Waals surface area contributed by atoms with Crippen molar-refractivity contribution in [1.29, 1.82) is 0 Å². The number of para-hydroxylation sites is 1. The number of carbonyl (C=O) groups excluding carboxylic acids is 1. The van der Waals surface area contributed by atoms with Crippen LogP contribution in [0.2, 0.25) is 5.02 Å². The lowest BCUT2D eigenvalue weighted by Crippen LogP contribution is -2.37. The number of aromatic nitrogens is 1. The van der Waals surface area contributed by atoms with Gasteiger partial charge in [-0.25, -0.2) is 13.4 Å². The monoisotopic (exact) mass is 554 g/mol. The molecule has 1 heterocycles. The van der Waals surface area contributed by atoms with Gasteiger partial charge in [-0.15, -0.1) is 0 Å². The van der Waals surface area contributed by atoms with Crippen LogP contribution in [-0.4, -0.2) is 96.2 Å². The first-order valence-corrected chi connectivity index (χ1v) is 13.9. The largest absolute Gasteiger partial charge is 0.383 e. The maximum Gasteiger partial charge on any atom is 0.260 e. The molecule has 36 heavy (non-hydrogen) atoms. The number of nitrogens with zero attached hydrogens (tertiary/aromatic N) is 4. The second-order valence-electron chi connectivity index (χ2n) is 8.26. The van der Waals surface area contributed by atoms with Crippen molar-refractivity contribution in [3.05, 3.63) is 53.1 Å². The number of amides is 1. The van der Waals surface area contributed by atoms with E-state index in [0.29, 0.717) is 34.3 Å². The first-order chi connectivity index (χ1) is 17.2. The number of methoxy groups -OCH3 is 2. The van der Waals surface area contributed by atoms with Gasteiger partial charge in [-0.2, -0.15) is 4.31 Å². The topological polar surface area (TPSA) is 92.3 Å². The van der Waals surface area contributed by atoms with Crippen molar-refractivity contribution in [2.24, 2.45) is 0 Å². The molecule has 0 radical (unpaired) electrons. The van der Waals surface area contributed by atoms with E-state index < -0.39 is 10.0 Å². The fourth-order valence-electron chi connectivity index (χ4n) is 3.42. The number of thiazole rings is 1. The third-order valence-corrected chi connectivity index (χ3v) is 8.70. The molecule has 1 amide bonds. The van der Waals surface area contributed by atoms with E-state index in [2.05, 4.69) is 4.98 Å². The molecule has 0 bridgehead atoms. The zero-order valence-corrected chi connectivity index (χ0v) is 23.2. The van der Waals surface area contributed by atoms with Gasteiger partial charge in [0, 0.05) is 46.0 Å². The molecular formula is C24H31ClN4O5S2. The van der Waals surface area contributed by atoms with Gasteiger partial charge in [-0.1, -0.05) is 29.0 Å². The summed E-state index contributed by atoms with van der Waals surface area (Å²) in [6.45, 7) is 1.93. The first kappa shape index (κ1) is 28.5. The quantitative estimate of drug-likeness (QED) is 0.319. The summed E-state index contributed by atoms with van der Waals surface area (Å²) in [6, 6.07) is 11.5. The van der Waals surface area contributed by atoms with E-state index in [1.165, 1.54) is 54.1 Å². The van der Waals surface area contributed by atoms with E-state index in [0.717, 1.165) is 4.70 Å². The molecule has 0 spiro atoms. The van der Waals surface area contributed by atoms with Crippen molar-refractivity contribution in [2.75, 3.05) is 72.6 Å². The highest BCUT2D eigenvalue weighted by atomic mass is 35.5. The number of likely N-dealkylation sites (N-methyl/N-ethyl adjacent to an activating group) is 1. The summed E-state index contributed by atoms with van der Waals surface area (Å²) < 4.78 is 38.7. The summed E-state index contributed by atoms with van der Waals surface area (Å²) in [6.07, 6.45) is 0. The van der Waals surface area contributed by atoms with Gasteiger partial charge in [0.25, 0.3) is 5.91 Å². The summed E-state index contributed by atoms with van der Waals surface area (Å²) >= 11 is 7.69. The smallest absolute Gasteiger partial charge is 0.260 e. The van der Waals surface area contributed by atoms with Gasteiger partial charge >= 0.3 is 0 Å². The molecule has 1 aromatic heterocycles. The second-order valence-corrected chi connectivity index (χ2v) is 11.6. The Kier molecular flexibility index (Phi) is 10.2. The van der Waals surface area contributed by atoms with Crippen LogP contribution in [0.25, 0.3) is 10.2 Å². The maximum absolute atomic E-state index is 13.5. The van der Waals surface area contributed by atoms with E-state index >= 15 is 0 Å². The van der Waals surface area contributed by atoms with Crippen LogP contribution in [0, 0.1) is 0 Å². The van der Waals surface area contributed by atoms with Crippen molar-refractivity contribution in [3.8, 4) is 0 Å². The van der Waals surface area contributed by atoms with Gasteiger partial charge in [0.05, 0.1) is 27.8 Å². The molecule has 196 valence electrons. The van der Waals surface area contributed by atoms with Crippen LogP contribution >= 0.6 is 22.9 Å². The van der Waals surface area contributed by atoms with Crippen LogP contribution in [-0.2, 0) is 19.5 Å². The lowest BCUT2D eigenvalue weighted by Gasteiger charge is -2.23. The summed E-state index contributed by atoms with van der Waals surface area (Å²) in [4.78, 5) is 21.8. The number of rotatable bonds is 13. The number of ether oxygens (including phenoxy) is 2. The van der Waals surface area contributed by atoms with Gasteiger partial charge < -0.3 is 14.4 Å². The lowest BCUT2D eigenvalue weighted by molar-refractivity contribution is 0.0985. The Morgan fingerprint density at radius 1 is 0.972 bits per heavy atom. The number of hydrogen-bond acceptors (Lipinski definition) is 8. The molecule has 0 saturated carbocycles. The average molecular weight is 555 g/mol. The summed E-state index contributed by atoms with van der Waals surface area (Å²) in [5.74, 6) is -0.272. The summed E-state index contributed by atoms with van der Waals surface area (Å²) in [5, 5.41) is 1.06. The Labute approximate surface area is 221 Å². The van der Waals surface area contributed by atoms with Gasteiger partial charge in [-0.05, 0) is 50.5 Å². The molecule has 0 unspecified atom stereocenters. The predicted octanol–water partition coefficient (Wildman–Crippen LogP) is 3.44. The van der Waals surface area contributed by atoms with Crippen LogP contribution < -0.4 is 4.90 Å². The number of fused-ring (bicyclic) bond motifs is 1. The minimum atomic E-state index is -3.79. The van der Waals surface area contributed by atoms with E-state index in [1.54, 1.807) is 11.0 Å². The Balaban J connectivity index is 1.89. The zero-order chi connectivity index (χ0) is 26.3. The molecule has 0 atom stereocenters. The summed E-state index contributed by atoms with van der Waals surface area (Å²) in [7, 11) is 3.10. The fraction of sp³-hybridized carbons (Fsp3) is 0.417. The minimum Gasteiger partial charge on any atom is -0.383 e. The number of anilines is 1. The highest BCUT2D eigenvalue weighted by Crippen LogP contribution is 2.33. The van der Waals surface area contributed by atoms with Crippen molar-refractivity contribution in [3.63, 3.8) is 0 Å². The Morgan fingerprint density at radius 2 is 1.61 bits per heavy atom. The fourth-order valence-corrected chi connectivity index (χ4v) is 6.11. The van der Waals surface area contributed by atoms with E-state index in [1.807, 2.05) is 31.1 Å². The molecular weight excluding hydrogens is 524 g/mol. The summed E-state index contributed by atoms with van der Waals surface area (Å²) in [5.41, 5.74) is 1.01. The van der Waals surface area contributed by atoms with Crippen LogP contribution in [0.1, 0.15) is 10.4 Å². The van der Waals surface area contributed by atoms with Crippen molar-refractivity contribution in [1.82, 2.24) is 14.2 Å². The lowest BCUT2D eigenvalue weighted by atomic mass is 10.2. The Morgan fingerprint density at radius 3 is 2.17 bits per heavy atom. The van der Waals surface area contributed by atoms with Crippen molar-refractivity contribution >= 4 is 54.2 Å². The highest BCUT2D eigenvalue weighted by molar-refractivity contribution is 7.89. The second kappa shape index (κ2) is 12.9. The molecule has 3 aromatic rings. The average Bonchev–Trinajstić information content (AvgIpc) is 3.29. The van der Waals surface area contributed by atoms with Gasteiger partial charge in [0.1, 0.15) is 5.52 Å². The Hall–Kier alpha value is -2.12. The Bertz CT molecular complexity index is 1260. The number of carbonyl (C=O) groups is 1. The molecule has 12 heteroatoms. The van der Waals surface area contributed by atoms with Crippen molar-refractivity contribution < 1.29 is 22.7 Å². The van der Waals surface area contributed by atoms with Gasteiger partial charge in [-0.3, -0.25) is 9.69 Å². The van der Waals surface area contributed by atoms with Crippen LogP contribution in [0.4, 0.5) is 5.13 Å². The number of sulfonamides is 1. The number of benzene rings is 2. The van der Waals surface area contributed by atoms with E-state index in [9.17, 15) is 13.2 Å². The molecule has 0 saturated heterocycles. The number of hydrogen-bond donors (Lipinski definition) is 0. The molecule has 9 nitrogen and oxygen atoms in total. The van der Waals surface area contributed by atoms with Crippen LogP contribution in [0.5, 0.6) is 0 Å². The van der Waals surface area contributed by atoms with Crippen LogP contribution in [0.3, 0.4) is 0 Å². The normalized spacial score (nSPS) is 12.1. The molecule has 2 aromatic carbocycles. The third kappa shape index (κ3) is 6.80. The standard InChI is InChI=1S/C24H31ClN4O5S2/c1-27(2)12-13-29(24-26-22-20(25)6-5-7-21(22)35-24)23(30)18-8-10-19(11-9-18)36(31,32)28(14-16-33-3)15-17-34-4/h5-11H,12-17H2,1-4H3. The molecule has 0 aliphatic heterocycles. The number of halogens is 1. The van der Waals surface area contributed by atoms with E-state index in [-0.39, 0.29) is 37.1 Å². The highest BCUT2D eigenvalue weighted by Gasteiger charge is 2.26. The first-order valence-electron chi connectivity index (χ1n) is 11.3. The zero-order valence-electron chi connectivity index (χ0n) is 20.8. The maximum atomic E-state index is 13.5. The molecule has 3 rings (SSSR count). The van der Waals surface area contributed by atoms with Gasteiger partial charge in [0.2, 0.25) is 10.0 Å². The van der Waals surface area contributed by atoms with E-state index in [4.69, 9.17) is 21.1 Å². The van der Waals surface area contributed by atoms with Crippen LogP contribution in [0.15, 0.2) is 47.4 Å². The van der Waals surface area contributed by atoms with Crippen molar-refractivity contribution in [2.45, 2.75) is 4.90 Å². The predicted molar refractivity (Wildman–Crippen MR) is 144 cm³/mol. The van der Waals surface area contributed by atoms with Gasteiger partial charge in [0.15, 0.2) is 5.13 Å². The molecule has 0 N–H and O–H groups in total. The SMILES string of the molecule is COCCN(CCOC)S(=O)(=O)c1ccc(C(=O)N(CCN(C)C)c2nc3c(Cl)cccc3s2)cc1. The third-order valence-electron chi connectivity index (χ3n) is 5.43. The molecule has 0 aliphatic rings. The molecule has 0 fully saturated rings.